The summed E-state index contributed by atoms with van der Waals surface area (Å²) in [5.74, 6) is 1.20. The first-order valence-electron chi connectivity index (χ1n) is 10.8. The van der Waals surface area contributed by atoms with Gasteiger partial charge in [0.15, 0.2) is 11.6 Å². The normalized spacial score (nSPS) is 19.5. The number of aromatic nitrogens is 4. The van der Waals surface area contributed by atoms with Crippen LogP contribution < -0.4 is 10.5 Å². The van der Waals surface area contributed by atoms with Crippen LogP contribution in [0.5, 0.6) is 11.6 Å². The number of hydrogen-bond donors (Lipinski definition) is 1. The molecule has 0 radical (unpaired) electrons. The number of rotatable bonds is 4. The Labute approximate surface area is 182 Å². The van der Waals surface area contributed by atoms with Crippen LogP contribution in [0.3, 0.4) is 0 Å². The van der Waals surface area contributed by atoms with Crippen molar-refractivity contribution < 1.29 is 4.74 Å². The van der Waals surface area contributed by atoms with Crippen LogP contribution in [0.1, 0.15) is 29.2 Å². The van der Waals surface area contributed by atoms with Gasteiger partial charge in [0.2, 0.25) is 0 Å². The number of aryl methyl sites for hydroxylation is 1. The van der Waals surface area contributed by atoms with Crippen LogP contribution >= 0.6 is 0 Å². The lowest BCUT2D eigenvalue weighted by Gasteiger charge is -2.27. The molecule has 2 aliphatic rings. The fourth-order valence-corrected chi connectivity index (χ4v) is 4.62. The number of likely N-dealkylation sites (N-methyl/N-ethyl adjacent to an activating group) is 2. The molecule has 0 spiro atoms. The number of anilines is 1. The lowest BCUT2D eigenvalue weighted by atomic mass is 9.92. The van der Waals surface area contributed by atoms with Gasteiger partial charge in [-0.3, -0.25) is 4.68 Å². The molecule has 1 saturated heterocycles. The maximum Gasteiger partial charge on any atom is 0.263 e. The van der Waals surface area contributed by atoms with Gasteiger partial charge in [-0.05, 0) is 69.2 Å². The zero-order valence-electron chi connectivity index (χ0n) is 18.4. The summed E-state index contributed by atoms with van der Waals surface area (Å²) in [5.41, 5.74) is 12.0. The third-order valence-corrected chi connectivity index (χ3v) is 6.34. The summed E-state index contributed by atoms with van der Waals surface area (Å²) in [4.78, 5) is 13.7. The van der Waals surface area contributed by atoms with Crippen molar-refractivity contribution in [3.05, 3.63) is 47.4 Å². The van der Waals surface area contributed by atoms with Crippen LogP contribution in [0.15, 0.2) is 30.7 Å². The predicted octanol–water partition coefficient (Wildman–Crippen LogP) is 2.89. The van der Waals surface area contributed by atoms with E-state index in [-0.39, 0.29) is 5.82 Å². The number of ether oxygens (including phenoxy) is 1. The lowest BCUT2D eigenvalue weighted by Crippen LogP contribution is -2.27. The van der Waals surface area contributed by atoms with Gasteiger partial charge in [-0.15, -0.1) is 0 Å². The average Bonchev–Trinajstić information content (AvgIpc) is 3.38. The van der Waals surface area contributed by atoms with Crippen molar-refractivity contribution >= 4 is 5.82 Å². The molecule has 8 nitrogen and oxygen atoms in total. The Morgan fingerprint density at radius 1 is 1.13 bits per heavy atom. The first-order valence-corrected chi connectivity index (χ1v) is 10.8. The number of nitrogens with zero attached hydrogens (tertiary/aromatic N) is 6. The number of likely N-dealkylation sites (tertiary alicyclic amines) is 1. The molecule has 1 aromatic carbocycles. The van der Waals surface area contributed by atoms with E-state index in [1.54, 1.807) is 12.4 Å². The van der Waals surface area contributed by atoms with Gasteiger partial charge in [0.05, 0.1) is 30.3 Å². The second-order valence-electron chi connectivity index (χ2n) is 8.83. The van der Waals surface area contributed by atoms with Crippen molar-refractivity contribution in [1.29, 1.82) is 0 Å². The molecule has 4 heterocycles. The number of nitrogen functional groups attached to an aromatic ring is 1. The van der Waals surface area contributed by atoms with Crippen LogP contribution in [-0.2, 0) is 13.0 Å². The van der Waals surface area contributed by atoms with E-state index in [4.69, 9.17) is 15.5 Å². The van der Waals surface area contributed by atoms with Crippen LogP contribution in [0.2, 0.25) is 0 Å². The van der Waals surface area contributed by atoms with Gasteiger partial charge in [-0.1, -0.05) is 0 Å². The fraction of sp³-hybridized carbons (Fsp3) is 0.435. The SMILES string of the molecule is Cc1cc(-c2cnc(N)c(Oc3cnn(C4CCN(C)C4)c3)n2)cc2c1CCN(C)C2. The first kappa shape index (κ1) is 20.0. The summed E-state index contributed by atoms with van der Waals surface area (Å²) >= 11 is 0. The van der Waals surface area contributed by atoms with E-state index in [2.05, 4.69) is 53.0 Å². The number of benzene rings is 1. The molecule has 1 atom stereocenters. The van der Waals surface area contributed by atoms with Gasteiger partial charge in [-0.2, -0.15) is 5.10 Å². The van der Waals surface area contributed by atoms with E-state index in [0.29, 0.717) is 17.7 Å². The van der Waals surface area contributed by atoms with Crippen LogP contribution in [0, 0.1) is 6.92 Å². The number of fused-ring (bicyclic) bond motifs is 1. The number of hydrogen-bond acceptors (Lipinski definition) is 7. The highest BCUT2D eigenvalue weighted by Crippen LogP contribution is 2.31. The molecule has 1 unspecified atom stereocenters. The van der Waals surface area contributed by atoms with Crippen molar-refractivity contribution in [2.75, 3.05) is 39.5 Å². The second kappa shape index (κ2) is 7.94. The van der Waals surface area contributed by atoms with Crippen LogP contribution in [0.25, 0.3) is 11.3 Å². The molecule has 2 N–H and O–H groups in total. The minimum Gasteiger partial charge on any atom is -0.433 e. The third kappa shape index (κ3) is 4.00. The Bertz CT molecular complexity index is 1110. The summed E-state index contributed by atoms with van der Waals surface area (Å²) in [7, 11) is 4.28. The van der Waals surface area contributed by atoms with E-state index in [0.717, 1.165) is 50.3 Å². The molecule has 1 fully saturated rings. The van der Waals surface area contributed by atoms with Gasteiger partial charge in [-0.25, -0.2) is 9.97 Å². The zero-order valence-corrected chi connectivity index (χ0v) is 18.4. The molecular weight excluding hydrogens is 390 g/mol. The smallest absolute Gasteiger partial charge is 0.263 e. The molecule has 2 aromatic heterocycles. The third-order valence-electron chi connectivity index (χ3n) is 6.34. The van der Waals surface area contributed by atoms with Crippen LogP contribution in [-0.4, -0.2) is 63.3 Å². The quantitative estimate of drug-likeness (QED) is 0.696. The van der Waals surface area contributed by atoms with Crippen molar-refractivity contribution in [2.45, 2.75) is 32.4 Å². The van der Waals surface area contributed by atoms with Crippen molar-refractivity contribution in [1.82, 2.24) is 29.5 Å². The highest BCUT2D eigenvalue weighted by molar-refractivity contribution is 5.64. The first-order chi connectivity index (χ1) is 15.0. The van der Waals surface area contributed by atoms with Gasteiger partial charge in [0.25, 0.3) is 5.88 Å². The second-order valence-corrected chi connectivity index (χ2v) is 8.83. The summed E-state index contributed by atoms with van der Waals surface area (Å²) in [5, 5.41) is 4.48. The van der Waals surface area contributed by atoms with Crippen LogP contribution in [0.4, 0.5) is 5.82 Å². The summed E-state index contributed by atoms with van der Waals surface area (Å²) in [6.07, 6.45) is 7.51. The maximum atomic E-state index is 6.08. The lowest BCUT2D eigenvalue weighted by molar-refractivity contribution is 0.312. The molecular formula is C23H29N7O. The van der Waals surface area contributed by atoms with E-state index in [9.17, 15) is 0 Å². The summed E-state index contributed by atoms with van der Waals surface area (Å²) in [6.45, 7) is 6.29. The monoisotopic (exact) mass is 419 g/mol. The van der Waals surface area contributed by atoms with E-state index in [1.165, 1.54) is 16.7 Å². The standard InChI is InChI=1S/C23H29N7O/c1-15-8-16(9-17-12-28(2)7-5-20(15)17)21-11-25-22(24)23(27-21)31-19-10-26-30(14-19)18-4-6-29(3)13-18/h8-11,14,18H,4-7,12-13H2,1-3H3,(H2,24,25). The fourth-order valence-electron chi connectivity index (χ4n) is 4.62. The van der Waals surface area contributed by atoms with Gasteiger partial charge in [0.1, 0.15) is 0 Å². The molecule has 5 rings (SSSR count). The predicted molar refractivity (Wildman–Crippen MR) is 120 cm³/mol. The minimum atomic E-state index is 0.270. The minimum absolute atomic E-state index is 0.270. The molecule has 31 heavy (non-hydrogen) atoms. The molecule has 0 amide bonds. The Balaban J connectivity index is 1.41. The van der Waals surface area contributed by atoms with Crippen molar-refractivity contribution in [3.63, 3.8) is 0 Å². The summed E-state index contributed by atoms with van der Waals surface area (Å²) < 4.78 is 7.96. The molecule has 2 aliphatic heterocycles. The Morgan fingerprint density at radius 3 is 2.81 bits per heavy atom. The van der Waals surface area contributed by atoms with Crippen molar-refractivity contribution in [2.24, 2.45) is 0 Å². The molecule has 3 aromatic rings. The van der Waals surface area contributed by atoms with E-state index in [1.807, 2.05) is 10.9 Å². The molecule has 0 aliphatic carbocycles. The Kier molecular flexibility index (Phi) is 5.11. The number of nitrogens with two attached hydrogens (primary N) is 1. The van der Waals surface area contributed by atoms with Gasteiger partial charge < -0.3 is 20.3 Å². The average molecular weight is 420 g/mol. The summed E-state index contributed by atoms with van der Waals surface area (Å²) in [6, 6.07) is 4.77. The largest absolute Gasteiger partial charge is 0.433 e. The highest BCUT2D eigenvalue weighted by Gasteiger charge is 2.22. The van der Waals surface area contributed by atoms with Gasteiger partial charge >= 0.3 is 0 Å². The van der Waals surface area contributed by atoms with E-state index >= 15 is 0 Å². The maximum absolute atomic E-state index is 6.08. The van der Waals surface area contributed by atoms with Crippen molar-refractivity contribution in [3.8, 4) is 22.9 Å². The Morgan fingerprint density at radius 2 is 2.00 bits per heavy atom. The molecule has 0 bridgehead atoms. The highest BCUT2D eigenvalue weighted by atomic mass is 16.5. The topological polar surface area (TPSA) is 85.3 Å². The molecule has 162 valence electrons. The Hall–Kier alpha value is -2.97. The zero-order chi connectivity index (χ0) is 21.5. The van der Waals surface area contributed by atoms with E-state index < -0.39 is 0 Å². The van der Waals surface area contributed by atoms with Gasteiger partial charge in [0, 0.05) is 25.2 Å². The molecule has 0 saturated carbocycles. The molecule has 8 heteroatoms.